The molecule has 0 heterocycles. The highest BCUT2D eigenvalue weighted by Crippen LogP contribution is 2.61. The standard InChI is InChI=1S/C24H32O7/c1-12(11-30-13(2)25)17-20(27)18-15(31-14(3)26)10-16-23(4,5)8-7-9-24(16,6)19(18)22(29)21(17)28/h12,15-16,27H,7-11H2,1-6H3. The van der Waals surface area contributed by atoms with Gasteiger partial charge in [0.05, 0.1) is 12.2 Å². The molecule has 0 amide bonds. The number of ether oxygens (including phenoxy) is 2. The van der Waals surface area contributed by atoms with Crippen LogP contribution in [-0.2, 0) is 28.7 Å². The molecule has 1 fully saturated rings. The molecule has 31 heavy (non-hydrogen) atoms. The summed E-state index contributed by atoms with van der Waals surface area (Å²) in [7, 11) is 0. The monoisotopic (exact) mass is 432 g/mol. The van der Waals surface area contributed by atoms with Crippen molar-refractivity contribution < 1.29 is 33.8 Å². The first-order valence-corrected chi connectivity index (χ1v) is 10.9. The third-order valence-corrected chi connectivity index (χ3v) is 7.37. The van der Waals surface area contributed by atoms with Crippen molar-refractivity contribution in [3.63, 3.8) is 0 Å². The number of aliphatic hydroxyl groups is 1. The van der Waals surface area contributed by atoms with E-state index in [9.17, 15) is 24.3 Å². The lowest BCUT2D eigenvalue weighted by atomic mass is 9.48. The summed E-state index contributed by atoms with van der Waals surface area (Å²) in [5.74, 6) is -3.43. The Bertz CT molecular complexity index is 907. The fourth-order valence-electron chi connectivity index (χ4n) is 6.03. The highest BCUT2D eigenvalue weighted by Gasteiger charge is 2.58. The molecule has 3 aliphatic rings. The van der Waals surface area contributed by atoms with Gasteiger partial charge in [0.1, 0.15) is 11.9 Å². The number of carbonyl (C=O) groups excluding carboxylic acids is 4. The number of rotatable bonds is 4. The van der Waals surface area contributed by atoms with Crippen LogP contribution in [-0.4, -0.2) is 41.3 Å². The lowest BCUT2D eigenvalue weighted by Gasteiger charge is -2.56. The summed E-state index contributed by atoms with van der Waals surface area (Å²) in [4.78, 5) is 49.7. The summed E-state index contributed by atoms with van der Waals surface area (Å²) in [6.07, 6.45) is 2.25. The number of fused-ring (bicyclic) bond motifs is 2. The molecular formula is C24H32O7. The first-order valence-electron chi connectivity index (χ1n) is 10.9. The van der Waals surface area contributed by atoms with Gasteiger partial charge in [0.2, 0.25) is 11.6 Å². The number of esters is 2. The number of aliphatic hydroxyl groups excluding tert-OH is 1. The van der Waals surface area contributed by atoms with E-state index < -0.39 is 40.9 Å². The van der Waals surface area contributed by atoms with Crippen molar-refractivity contribution in [2.45, 2.75) is 73.3 Å². The van der Waals surface area contributed by atoms with Gasteiger partial charge in [0.25, 0.3) is 0 Å². The third kappa shape index (κ3) is 3.83. The second-order valence-corrected chi connectivity index (χ2v) is 10.1. The summed E-state index contributed by atoms with van der Waals surface area (Å²) in [5.41, 5.74) is -0.261. The molecule has 0 aromatic carbocycles. The smallest absolute Gasteiger partial charge is 0.303 e. The van der Waals surface area contributed by atoms with Crippen molar-refractivity contribution in [1.82, 2.24) is 0 Å². The predicted octanol–water partition coefficient (Wildman–Crippen LogP) is 3.61. The van der Waals surface area contributed by atoms with Crippen LogP contribution in [0.3, 0.4) is 0 Å². The Morgan fingerprint density at radius 2 is 1.74 bits per heavy atom. The van der Waals surface area contributed by atoms with Gasteiger partial charge in [-0.05, 0) is 30.6 Å². The Balaban J connectivity index is 2.21. The topological polar surface area (TPSA) is 107 Å². The fourth-order valence-corrected chi connectivity index (χ4v) is 6.03. The molecule has 0 radical (unpaired) electrons. The molecule has 0 aromatic heterocycles. The molecule has 3 aliphatic carbocycles. The van der Waals surface area contributed by atoms with Gasteiger partial charge < -0.3 is 14.6 Å². The number of Topliss-reactive ketones (excluding diaryl/α,β-unsaturated/α-hetero) is 2. The largest absolute Gasteiger partial charge is 0.507 e. The maximum absolute atomic E-state index is 13.5. The highest BCUT2D eigenvalue weighted by molar-refractivity contribution is 6.50. The summed E-state index contributed by atoms with van der Waals surface area (Å²) < 4.78 is 10.6. The molecule has 0 bridgehead atoms. The molecule has 0 spiro atoms. The molecule has 0 saturated heterocycles. The Morgan fingerprint density at radius 3 is 2.32 bits per heavy atom. The maximum atomic E-state index is 13.5. The number of hydrogen-bond acceptors (Lipinski definition) is 7. The molecule has 1 saturated carbocycles. The summed E-state index contributed by atoms with van der Waals surface area (Å²) in [5, 5.41) is 11.2. The minimum absolute atomic E-state index is 0.0152. The lowest BCUT2D eigenvalue weighted by Crippen LogP contribution is -2.53. The average molecular weight is 433 g/mol. The van der Waals surface area contributed by atoms with Crippen LogP contribution in [0.5, 0.6) is 0 Å². The van der Waals surface area contributed by atoms with Gasteiger partial charge in [-0.1, -0.05) is 34.1 Å². The Labute approximate surface area is 182 Å². The van der Waals surface area contributed by atoms with E-state index in [4.69, 9.17) is 9.47 Å². The first kappa shape index (κ1) is 23.2. The number of carbonyl (C=O) groups is 4. The van der Waals surface area contributed by atoms with Crippen LogP contribution in [0, 0.1) is 22.7 Å². The normalized spacial score (nSPS) is 31.0. The Hall–Kier alpha value is -2.44. The molecular weight excluding hydrogens is 400 g/mol. The van der Waals surface area contributed by atoms with Gasteiger partial charge in [-0.25, -0.2) is 0 Å². The van der Waals surface area contributed by atoms with Crippen LogP contribution in [0.1, 0.15) is 67.2 Å². The minimum atomic E-state index is -0.809. The van der Waals surface area contributed by atoms with Crippen molar-refractivity contribution in [1.29, 1.82) is 0 Å². The molecule has 7 nitrogen and oxygen atoms in total. The number of hydrogen-bond donors (Lipinski definition) is 1. The molecule has 1 N–H and O–H groups in total. The van der Waals surface area contributed by atoms with E-state index >= 15 is 0 Å². The van der Waals surface area contributed by atoms with Crippen LogP contribution >= 0.6 is 0 Å². The average Bonchev–Trinajstić information content (AvgIpc) is 2.64. The van der Waals surface area contributed by atoms with E-state index in [0.29, 0.717) is 6.42 Å². The predicted molar refractivity (Wildman–Crippen MR) is 112 cm³/mol. The molecule has 4 unspecified atom stereocenters. The molecule has 0 aliphatic heterocycles. The van der Waals surface area contributed by atoms with E-state index in [2.05, 4.69) is 13.8 Å². The zero-order valence-corrected chi connectivity index (χ0v) is 19.2. The Morgan fingerprint density at radius 1 is 1.10 bits per heavy atom. The van der Waals surface area contributed by atoms with E-state index in [1.165, 1.54) is 13.8 Å². The second-order valence-electron chi connectivity index (χ2n) is 10.1. The molecule has 7 heteroatoms. The van der Waals surface area contributed by atoms with Gasteiger partial charge in [-0.15, -0.1) is 0 Å². The molecule has 170 valence electrons. The van der Waals surface area contributed by atoms with E-state index in [1.54, 1.807) is 6.92 Å². The summed E-state index contributed by atoms with van der Waals surface area (Å²) in [6.45, 7) is 10.3. The molecule has 0 aromatic rings. The van der Waals surface area contributed by atoms with Crippen LogP contribution in [0.4, 0.5) is 0 Å². The third-order valence-electron chi connectivity index (χ3n) is 7.37. The van der Waals surface area contributed by atoms with Gasteiger partial charge in [0, 0.05) is 36.3 Å². The van der Waals surface area contributed by atoms with Crippen molar-refractivity contribution in [2.24, 2.45) is 22.7 Å². The van der Waals surface area contributed by atoms with Crippen molar-refractivity contribution in [3.8, 4) is 0 Å². The zero-order valence-electron chi connectivity index (χ0n) is 19.2. The fraction of sp³-hybridized carbons (Fsp3) is 0.667. The van der Waals surface area contributed by atoms with E-state index in [1.807, 2.05) is 6.92 Å². The van der Waals surface area contributed by atoms with Crippen LogP contribution in [0.15, 0.2) is 22.5 Å². The minimum Gasteiger partial charge on any atom is -0.507 e. The van der Waals surface area contributed by atoms with Gasteiger partial charge in [-0.3, -0.25) is 19.2 Å². The lowest BCUT2D eigenvalue weighted by molar-refractivity contribution is -0.149. The Kier molecular flexibility index (Phi) is 5.93. The SMILES string of the molecule is CC(=O)OCC(C)C1=C(O)C2=C(C(=O)C1=O)C1(C)CCCC(C)(C)C1CC2OC(C)=O. The second kappa shape index (κ2) is 7.92. The molecule has 3 rings (SSSR count). The van der Waals surface area contributed by atoms with Crippen LogP contribution in [0.25, 0.3) is 0 Å². The highest BCUT2D eigenvalue weighted by atomic mass is 16.5. The maximum Gasteiger partial charge on any atom is 0.303 e. The first-order chi connectivity index (χ1) is 14.3. The summed E-state index contributed by atoms with van der Waals surface area (Å²) in [6, 6.07) is 0. The number of allylic oxidation sites excluding steroid dienone is 1. The van der Waals surface area contributed by atoms with Crippen molar-refractivity contribution >= 4 is 23.5 Å². The number of ketones is 2. The van der Waals surface area contributed by atoms with E-state index in [-0.39, 0.29) is 40.4 Å². The van der Waals surface area contributed by atoms with Gasteiger partial charge >= 0.3 is 11.9 Å². The summed E-state index contributed by atoms with van der Waals surface area (Å²) >= 11 is 0. The van der Waals surface area contributed by atoms with Gasteiger partial charge in [-0.2, -0.15) is 0 Å². The van der Waals surface area contributed by atoms with Gasteiger partial charge in [0.15, 0.2) is 0 Å². The van der Waals surface area contributed by atoms with Crippen LogP contribution < -0.4 is 0 Å². The quantitative estimate of drug-likeness (QED) is 0.411. The van der Waals surface area contributed by atoms with Crippen molar-refractivity contribution in [3.05, 3.63) is 22.5 Å². The van der Waals surface area contributed by atoms with E-state index in [0.717, 1.165) is 19.3 Å². The molecule has 4 atom stereocenters. The van der Waals surface area contributed by atoms with Crippen LogP contribution in [0.2, 0.25) is 0 Å². The van der Waals surface area contributed by atoms with Crippen molar-refractivity contribution in [2.75, 3.05) is 6.61 Å². The zero-order chi connectivity index (χ0) is 23.3.